The normalized spacial score (nSPS) is 12.4. The third kappa shape index (κ3) is 3.80. The second kappa shape index (κ2) is 7.20. The molecule has 0 radical (unpaired) electrons. The molecule has 2 aromatic rings. The van der Waals surface area contributed by atoms with Crippen LogP contribution in [0.5, 0.6) is 5.75 Å². The summed E-state index contributed by atoms with van der Waals surface area (Å²) in [6, 6.07) is 14.2. The maximum absolute atomic E-state index is 6.00. The molecule has 2 rings (SSSR count). The molecule has 0 aliphatic rings. The van der Waals surface area contributed by atoms with Gasteiger partial charge in [-0.2, -0.15) is 0 Å². The number of hydrogen-bond acceptors (Lipinski definition) is 4. The van der Waals surface area contributed by atoms with Crippen LogP contribution >= 0.6 is 0 Å². The first kappa shape index (κ1) is 15.5. The zero-order valence-electron chi connectivity index (χ0n) is 12.9. The number of aromatic nitrogens is 1. The van der Waals surface area contributed by atoms with Gasteiger partial charge in [0.25, 0.3) is 0 Å². The Balaban J connectivity index is 2.20. The lowest BCUT2D eigenvalue weighted by Crippen LogP contribution is -2.30. The summed E-state index contributed by atoms with van der Waals surface area (Å²) < 4.78 is 5.45. The van der Waals surface area contributed by atoms with Crippen molar-refractivity contribution in [1.29, 1.82) is 0 Å². The molecule has 1 atom stereocenters. The summed E-state index contributed by atoms with van der Waals surface area (Å²) in [5.74, 6) is 0.872. The molecule has 21 heavy (non-hydrogen) atoms. The molecule has 0 saturated heterocycles. The summed E-state index contributed by atoms with van der Waals surface area (Å²) in [4.78, 5) is 6.76. The van der Waals surface area contributed by atoms with Crippen LogP contribution in [0.3, 0.4) is 0 Å². The van der Waals surface area contributed by atoms with Crippen LogP contribution in [0.15, 0.2) is 42.5 Å². The summed E-state index contributed by atoms with van der Waals surface area (Å²) in [5, 5.41) is 0. The van der Waals surface area contributed by atoms with E-state index < -0.39 is 0 Å². The fourth-order valence-corrected chi connectivity index (χ4v) is 2.54. The SMILES string of the molecule is COc1ccccc1C(CN)N(C)Cc1cccc(C)n1. The van der Waals surface area contributed by atoms with Crippen LogP contribution in [-0.2, 0) is 6.54 Å². The number of aryl methyl sites for hydroxylation is 1. The molecule has 4 heteroatoms. The van der Waals surface area contributed by atoms with E-state index in [0.717, 1.165) is 29.2 Å². The highest BCUT2D eigenvalue weighted by molar-refractivity contribution is 5.36. The van der Waals surface area contributed by atoms with E-state index in [2.05, 4.69) is 23.0 Å². The molecular weight excluding hydrogens is 262 g/mol. The zero-order chi connectivity index (χ0) is 15.2. The van der Waals surface area contributed by atoms with Gasteiger partial charge in [0.2, 0.25) is 0 Å². The Bertz CT molecular complexity index is 586. The first-order valence-electron chi connectivity index (χ1n) is 7.11. The van der Waals surface area contributed by atoms with E-state index in [4.69, 9.17) is 10.5 Å². The fraction of sp³-hybridized carbons (Fsp3) is 0.353. The molecule has 1 heterocycles. The number of ether oxygens (including phenoxy) is 1. The minimum Gasteiger partial charge on any atom is -0.496 e. The van der Waals surface area contributed by atoms with E-state index in [1.54, 1.807) is 7.11 Å². The lowest BCUT2D eigenvalue weighted by molar-refractivity contribution is 0.233. The van der Waals surface area contributed by atoms with Crippen LogP contribution < -0.4 is 10.5 Å². The molecule has 2 N–H and O–H groups in total. The number of hydrogen-bond donors (Lipinski definition) is 1. The van der Waals surface area contributed by atoms with E-state index in [1.165, 1.54) is 0 Å². The van der Waals surface area contributed by atoms with Gasteiger partial charge in [0.15, 0.2) is 0 Å². The molecule has 112 valence electrons. The third-order valence-electron chi connectivity index (χ3n) is 3.61. The number of para-hydroxylation sites is 1. The smallest absolute Gasteiger partial charge is 0.123 e. The van der Waals surface area contributed by atoms with Crippen molar-refractivity contribution in [2.24, 2.45) is 5.73 Å². The van der Waals surface area contributed by atoms with Crippen LogP contribution in [0.4, 0.5) is 0 Å². The lowest BCUT2D eigenvalue weighted by atomic mass is 10.0. The van der Waals surface area contributed by atoms with Crippen molar-refractivity contribution in [3.63, 3.8) is 0 Å². The maximum Gasteiger partial charge on any atom is 0.123 e. The molecule has 1 aromatic heterocycles. The van der Waals surface area contributed by atoms with Crippen LogP contribution in [0.1, 0.15) is 23.0 Å². The van der Waals surface area contributed by atoms with Crippen molar-refractivity contribution in [2.45, 2.75) is 19.5 Å². The fourth-order valence-electron chi connectivity index (χ4n) is 2.54. The Morgan fingerprint density at radius 2 is 1.95 bits per heavy atom. The number of benzene rings is 1. The second-order valence-corrected chi connectivity index (χ2v) is 5.18. The average molecular weight is 285 g/mol. The van der Waals surface area contributed by atoms with Crippen molar-refractivity contribution in [3.05, 3.63) is 59.4 Å². The van der Waals surface area contributed by atoms with Crippen molar-refractivity contribution in [2.75, 3.05) is 20.7 Å². The van der Waals surface area contributed by atoms with Crippen molar-refractivity contribution in [1.82, 2.24) is 9.88 Å². The van der Waals surface area contributed by atoms with Crippen LogP contribution in [0.25, 0.3) is 0 Å². The summed E-state index contributed by atoms with van der Waals surface area (Å²) in [7, 11) is 3.75. The predicted octanol–water partition coefficient (Wildman–Crippen LogP) is 2.53. The third-order valence-corrected chi connectivity index (χ3v) is 3.61. The van der Waals surface area contributed by atoms with E-state index >= 15 is 0 Å². The van der Waals surface area contributed by atoms with Crippen molar-refractivity contribution < 1.29 is 4.74 Å². The summed E-state index contributed by atoms with van der Waals surface area (Å²) in [6.45, 7) is 3.29. The molecule has 0 aliphatic heterocycles. The average Bonchev–Trinajstić information content (AvgIpc) is 2.48. The van der Waals surface area contributed by atoms with Gasteiger partial charge in [-0.3, -0.25) is 9.88 Å². The molecule has 1 unspecified atom stereocenters. The first-order valence-corrected chi connectivity index (χ1v) is 7.11. The van der Waals surface area contributed by atoms with E-state index in [-0.39, 0.29) is 6.04 Å². The molecule has 4 nitrogen and oxygen atoms in total. The minimum absolute atomic E-state index is 0.100. The molecular formula is C17H23N3O. The van der Waals surface area contributed by atoms with Gasteiger partial charge in [-0.1, -0.05) is 24.3 Å². The zero-order valence-corrected chi connectivity index (χ0v) is 12.9. The molecule has 0 aliphatic carbocycles. The van der Waals surface area contributed by atoms with Crippen LogP contribution in [0, 0.1) is 6.92 Å². The topological polar surface area (TPSA) is 51.4 Å². The van der Waals surface area contributed by atoms with Gasteiger partial charge >= 0.3 is 0 Å². The second-order valence-electron chi connectivity index (χ2n) is 5.18. The number of nitrogens with zero attached hydrogens (tertiary/aromatic N) is 2. The lowest BCUT2D eigenvalue weighted by Gasteiger charge is -2.28. The maximum atomic E-state index is 6.00. The van der Waals surface area contributed by atoms with Crippen molar-refractivity contribution >= 4 is 0 Å². The van der Waals surface area contributed by atoms with Gasteiger partial charge in [0, 0.05) is 24.3 Å². The van der Waals surface area contributed by atoms with E-state index in [9.17, 15) is 0 Å². The Kier molecular flexibility index (Phi) is 5.31. The van der Waals surface area contributed by atoms with Gasteiger partial charge in [-0.05, 0) is 32.2 Å². The van der Waals surface area contributed by atoms with Gasteiger partial charge in [-0.25, -0.2) is 0 Å². The Labute approximate surface area is 126 Å². The quantitative estimate of drug-likeness (QED) is 0.886. The Morgan fingerprint density at radius 1 is 1.19 bits per heavy atom. The molecule has 0 bridgehead atoms. The number of pyridine rings is 1. The largest absolute Gasteiger partial charge is 0.496 e. The van der Waals surface area contributed by atoms with Gasteiger partial charge in [-0.15, -0.1) is 0 Å². The summed E-state index contributed by atoms with van der Waals surface area (Å²) >= 11 is 0. The Hall–Kier alpha value is -1.91. The Morgan fingerprint density at radius 3 is 2.62 bits per heavy atom. The molecule has 0 saturated carbocycles. The monoisotopic (exact) mass is 285 g/mol. The number of likely N-dealkylation sites (N-methyl/N-ethyl adjacent to an activating group) is 1. The number of nitrogens with two attached hydrogens (primary N) is 1. The highest BCUT2D eigenvalue weighted by Gasteiger charge is 2.19. The minimum atomic E-state index is 0.100. The highest BCUT2D eigenvalue weighted by Crippen LogP contribution is 2.28. The number of rotatable bonds is 6. The molecule has 0 amide bonds. The van der Waals surface area contributed by atoms with E-state index in [0.29, 0.717) is 6.54 Å². The van der Waals surface area contributed by atoms with Gasteiger partial charge < -0.3 is 10.5 Å². The summed E-state index contributed by atoms with van der Waals surface area (Å²) in [5.41, 5.74) is 9.18. The van der Waals surface area contributed by atoms with Gasteiger partial charge in [0.1, 0.15) is 5.75 Å². The van der Waals surface area contributed by atoms with Crippen LogP contribution in [-0.4, -0.2) is 30.6 Å². The summed E-state index contributed by atoms with van der Waals surface area (Å²) in [6.07, 6.45) is 0. The van der Waals surface area contributed by atoms with Crippen LogP contribution in [0.2, 0.25) is 0 Å². The number of methoxy groups -OCH3 is 1. The predicted molar refractivity (Wildman–Crippen MR) is 85.2 cm³/mol. The first-order chi connectivity index (χ1) is 10.2. The highest BCUT2D eigenvalue weighted by atomic mass is 16.5. The molecule has 1 aromatic carbocycles. The van der Waals surface area contributed by atoms with Gasteiger partial charge in [0.05, 0.1) is 18.8 Å². The molecule has 0 spiro atoms. The standard InChI is InChI=1S/C17H23N3O/c1-13-7-6-8-14(19-13)12-20(2)16(11-18)15-9-4-5-10-17(15)21-3/h4-10,16H,11-12,18H2,1-3H3. The van der Waals surface area contributed by atoms with E-state index in [1.807, 2.05) is 43.3 Å². The molecule has 0 fully saturated rings. The van der Waals surface area contributed by atoms with Crippen molar-refractivity contribution in [3.8, 4) is 5.75 Å².